The second-order valence-electron chi connectivity index (χ2n) is 5.74. The predicted octanol–water partition coefficient (Wildman–Crippen LogP) is 3.96. The summed E-state index contributed by atoms with van der Waals surface area (Å²) in [6, 6.07) is 7.94. The Balaban J connectivity index is 1.86. The summed E-state index contributed by atoms with van der Waals surface area (Å²) in [6.45, 7) is 3.68. The number of halogens is 1. The molecule has 1 aliphatic heterocycles. The highest BCUT2D eigenvalue weighted by Gasteiger charge is 2.21. The van der Waals surface area contributed by atoms with Crippen LogP contribution in [0.3, 0.4) is 0 Å². The van der Waals surface area contributed by atoms with E-state index in [9.17, 15) is 4.79 Å². The Labute approximate surface area is 139 Å². The van der Waals surface area contributed by atoms with Gasteiger partial charge in [0, 0.05) is 17.6 Å². The minimum absolute atomic E-state index is 0.114. The Morgan fingerprint density at radius 2 is 1.73 bits per heavy atom. The lowest BCUT2D eigenvalue weighted by molar-refractivity contribution is 0.0761. The van der Waals surface area contributed by atoms with E-state index in [1.165, 1.54) is 12.8 Å². The average molecular weight is 362 g/mol. The molecule has 22 heavy (non-hydrogen) atoms. The molecule has 2 aromatic rings. The molecule has 5 heteroatoms. The number of hydrogen-bond acceptors (Lipinski definition) is 2. The molecular formula is C17H20BrN3O. The van der Waals surface area contributed by atoms with Crippen LogP contribution in [0.2, 0.25) is 0 Å². The molecule has 1 amide bonds. The largest absolute Gasteiger partial charge is 0.339 e. The number of nitrogens with zero attached hydrogens (tertiary/aromatic N) is 3. The Hall–Kier alpha value is -1.62. The van der Waals surface area contributed by atoms with Crippen molar-refractivity contribution >= 4 is 21.8 Å². The lowest BCUT2D eigenvalue weighted by atomic mass is 10.2. The third kappa shape index (κ3) is 3.09. The van der Waals surface area contributed by atoms with Gasteiger partial charge in [-0.25, -0.2) is 4.68 Å². The summed E-state index contributed by atoms with van der Waals surface area (Å²) >= 11 is 3.43. The monoisotopic (exact) mass is 361 g/mol. The van der Waals surface area contributed by atoms with Gasteiger partial charge < -0.3 is 4.90 Å². The number of rotatable bonds is 2. The van der Waals surface area contributed by atoms with Crippen LogP contribution in [-0.2, 0) is 0 Å². The van der Waals surface area contributed by atoms with Crippen molar-refractivity contribution in [3.63, 3.8) is 0 Å². The van der Waals surface area contributed by atoms with E-state index in [2.05, 4.69) is 21.0 Å². The van der Waals surface area contributed by atoms with Gasteiger partial charge in [0.15, 0.2) is 0 Å². The fourth-order valence-corrected chi connectivity index (χ4v) is 3.17. The first kappa shape index (κ1) is 15.3. The van der Waals surface area contributed by atoms with Gasteiger partial charge in [0.25, 0.3) is 5.91 Å². The molecule has 1 aromatic carbocycles. The van der Waals surface area contributed by atoms with Crippen molar-refractivity contribution in [2.24, 2.45) is 0 Å². The highest BCUT2D eigenvalue weighted by Crippen LogP contribution is 2.19. The molecule has 0 atom stereocenters. The van der Waals surface area contributed by atoms with Crippen molar-refractivity contribution < 1.29 is 4.79 Å². The van der Waals surface area contributed by atoms with Crippen LogP contribution in [0.4, 0.5) is 0 Å². The number of carbonyl (C=O) groups excluding carboxylic acids is 1. The second-order valence-corrected chi connectivity index (χ2v) is 6.65. The first-order chi connectivity index (χ1) is 10.7. The summed E-state index contributed by atoms with van der Waals surface area (Å²) in [5.41, 5.74) is 2.58. The Morgan fingerprint density at radius 1 is 1.09 bits per heavy atom. The van der Waals surface area contributed by atoms with E-state index in [0.29, 0.717) is 5.56 Å². The fraction of sp³-hybridized carbons (Fsp3) is 0.412. The molecule has 2 heterocycles. The molecule has 1 fully saturated rings. The molecule has 0 spiro atoms. The summed E-state index contributed by atoms with van der Waals surface area (Å²) in [5.74, 6) is 0.114. The minimum Gasteiger partial charge on any atom is -0.339 e. The van der Waals surface area contributed by atoms with E-state index in [1.54, 1.807) is 6.20 Å². The number of carbonyl (C=O) groups is 1. The van der Waals surface area contributed by atoms with E-state index < -0.39 is 0 Å². The van der Waals surface area contributed by atoms with Crippen molar-refractivity contribution in [2.75, 3.05) is 13.1 Å². The lowest BCUT2D eigenvalue weighted by Gasteiger charge is -2.20. The van der Waals surface area contributed by atoms with Crippen LogP contribution in [0, 0.1) is 6.92 Å². The van der Waals surface area contributed by atoms with Crippen LogP contribution >= 0.6 is 15.9 Å². The molecule has 3 rings (SSSR count). The maximum atomic E-state index is 12.7. The molecule has 1 saturated heterocycles. The third-order valence-electron chi connectivity index (χ3n) is 4.20. The lowest BCUT2D eigenvalue weighted by Crippen LogP contribution is -2.32. The second kappa shape index (κ2) is 6.65. The van der Waals surface area contributed by atoms with Gasteiger partial charge in [-0.05, 0) is 44.0 Å². The molecule has 1 aromatic heterocycles. The summed E-state index contributed by atoms with van der Waals surface area (Å²) in [7, 11) is 0. The number of aromatic nitrogens is 2. The molecule has 0 aliphatic carbocycles. The van der Waals surface area contributed by atoms with Gasteiger partial charge in [-0.2, -0.15) is 5.10 Å². The highest BCUT2D eigenvalue weighted by atomic mass is 79.9. The van der Waals surface area contributed by atoms with Crippen LogP contribution in [0.25, 0.3) is 5.69 Å². The topological polar surface area (TPSA) is 38.1 Å². The molecule has 0 N–H and O–H groups in total. The van der Waals surface area contributed by atoms with E-state index in [1.807, 2.05) is 40.8 Å². The molecule has 0 unspecified atom stereocenters. The third-order valence-corrected chi connectivity index (χ3v) is 4.73. The zero-order valence-electron chi connectivity index (χ0n) is 12.8. The van der Waals surface area contributed by atoms with Crippen LogP contribution < -0.4 is 0 Å². The highest BCUT2D eigenvalue weighted by molar-refractivity contribution is 9.10. The minimum atomic E-state index is 0.114. The Morgan fingerprint density at radius 3 is 2.36 bits per heavy atom. The van der Waals surface area contributed by atoms with Crippen LogP contribution in [0.15, 0.2) is 34.9 Å². The number of likely N-dealkylation sites (tertiary alicyclic amines) is 1. The van der Waals surface area contributed by atoms with Gasteiger partial charge in [-0.15, -0.1) is 0 Å². The molecule has 0 bridgehead atoms. The van der Waals surface area contributed by atoms with Crippen molar-refractivity contribution in [1.82, 2.24) is 14.7 Å². The maximum absolute atomic E-state index is 12.7. The summed E-state index contributed by atoms with van der Waals surface area (Å²) in [6.07, 6.45) is 6.35. The summed E-state index contributed by atoms with van der Waals surface area (Å²) in [4.78, 5) is 14.7. The molecule has 0 radical (unpaired) electrons. The van der Waals surface area contributed by atoms with Gasteiger partial charge in [0.2, 0.25) is 0 Å². The van der Waals surface area contributed by atoms with Crippen LogP contribution in [0.5, 0.6) is 0 Å². The van der Waals surface area contributed by atoms with E-state index >= 15 is 0 Å². The standard InChI is InChI=1S/C17H20BrN3O/c1-13-16(17(22)20-10-4-2-3-5-11-20)12-19-21(13)15-8-6-14(18)7-9-15/h6-9,12H,2-5,10-11H2,1H3. The van der Waals surface area contributed by atoms with E-state index in [0.717, 1.165) is 41.8 Å². The molecule has 4 nitrogen and oxygen atoms in total. The van der Waals surface area contributed by atoms with E-state index in [-0.39, 0.29) is 5.91 Å². The SMILES string of the molecule is Cc1c(C(=O)N2CCCCCC2)cnn1-c1ccc(Br)cc1. The fourth-order valence-electron chi connectivity index (χ4n) is 2.91. The Kier molecular flexibility index (Phi) is 4.62. The zero-order valence-corrected chi connectivity index (χ0v) is 14.3. The first-order valence-corrected chi connectivity index (χ1v) is 8.56. The summed E-state index contributed by atoms with van der Waals surface area (Å²) in [5, 5.41) is 4.41. The quantitative estimate of drug-likeness (QED) is 0.811. The molecule has 0 saturated carbocycles. The van der Waals surface area contributed by atoms with Crippen molar-refractivity contribution in [2.45, 2.75) is 32.6 Å². The van der Waals surface area contributed by atoms with Gasteiger partial charge >= 0.3 is 0 Å². The number of hydrogen-bond donors (Lipinski definition) is 0. The normalized spacial score (nSPS) is 15.6. The van der Waals surface area contributed by atoms with Crippen molar-refractivity contribution in [1.29, 1.82) is 0 Å². The van der Waals surface area contributed by atoms with Crippen molar-refractivity contribution in [3.05, 3.63) is 46.2 Å². The van der Waals surface area contributed by atoms with E-state index in [4.69, 9.17) is 0 Å². The maximum Gasteiger partial charge on any atom is 0.257 e. The summed E-state index contributed by atoms with van der Waals surface area (Å²) < 4.78 is 2.86. The predicted molar refractivity (Wildman–Crippen MR) is 90.4 cm³/mol. The number of amides is 1. The van der Waals surface area contributed by atoms with Crippen LogP contribution in [-0.4, -0.2) is 33.7 Å². The number of benzene rings is 1. The van der Waals surface area contributed by atoms with Gasteiger partial charge in [-0.3, -0.25) is 4.79 Å². The van der Waals surface area contributed by atoms with Crippen molar-refractivity contribution in [3.8, 4) is 5.69 Å². The molecule has 116 valence electrons. The Bertz CT molecular complexity index is 655. The smallest absolute Gasteiger partial charge is 0.257 e. The first-order valence-electron chi connectivity index (χ1n) is 7.76. The molecular weight excluding hydrogens is 342 g/mol. The van der Waals surface area contributed by atoms with Crippen LogP contribution in [0.1, 0.15) is 41.7 Å². The van der Waals surface area contributed by atoms with Gasteiger partial charge in [0.05, 0.1) is 23.1 Å². The zero-order chi connectivity index (χ0) is 15.5. The van der Waals surface area contributed by atoms with Gasteiger partial charge in [-0.1, -0.05) is 28.8 Å². The average Bonchev–Trinajstić information content (AvgIpc) is 2.75. The molecule has 1 aliphatic rings. The van der Waals surface area contributed by atoms with Gasteiger partial charge in [0.1, 0.15) is 0 Å².